The van der Waals surface area contributed by atoms with E-state index in [9.17, 15) is 0 Å². The van der Waals surface area contributed by atoms with Crippen LogP contribution in [0.2, 0.25) is 0 Å². The molecule has 110 valence electrons. The molecule has 2 aromatic rings. The molecular weight excluding hydrogens is 270 g/mol. The van der Waals surface area contributed by atoms with E-state index < -0.39 is 0 Å². The molecule has 0 spiro atoms. The maximum absolute atomic E-state index is 6.12. The van der Waals surface area contributed by atoms with Gasteiger partial charge in [-0.1, -0.05) is 6.92 Å². The molecule has 1 atom stereocenters. The van der Waals surface area contributed by atoms with E-state index in [1.165, 1.54) is 5.56 Å². The number of nitrogens with zero attached hydrogens (tertiary/aromatic N) is 4. The lowest BCUT2D eigenvalue weighted by atomic mass is 10.0. The van der Waals surface area contributed by atoms with Gasteiger partial charge >= 0.3 is 0 Å². The van der Waals surface area contributed by atoms with E-state index in [1.807, 2.05) is 17.2 Å². The molecule has 2 aromatic heterocycles. The van der Waals surface area contributed by atoms with Crippen molar-refractivity contribution in [2.75, 3.05) is 11.9 Å². The van der Waals surface area contributed by atoms with Gasteiger partial charge in [0, 0.05) is 31.1 Å². The van der Waals surface area contributed by atoms with Crippen LogP contribution in [0.1, 0.15) is 30.3 Å². The highest BCUT2D eigenvalue weighted by Crippen LogP contribution is 2.25. The number of thiazole rings is 1. The first-order valence-corrected chi connectivity index (χ1v) is 7.83. The number of hydrogen-bond acceptors (Lipinski definition) is 5. The van der Waals surface area contributed by atoms with Gasteiger partial charge in [0.25, 0.3) is 0 Å². The largest absolute Gasteiger partial charge is 0.354 e. The van der Waals surface area contributed by atoms with Crippen LogP contribution in [0.4, 0.5) is 5.82 Å². The lowest BCUT2D eigenvalue weighted by molar-refractivity contribution is 0.642. The Morgan fingerprint density at radius 3 is 2.85 bits per heavy atom. The van der Waals surface area contributed by atoms with Gasteiger partial charge in [-0.15, -0.1) is 11.3 Å². The Balaban J connectivity index is 2.25. The van der Waals surface area contributed by atoms with Gasteiger partial charge in [0.15, 0.2) is 0 Å². The number of hydrogen-bond donors (Lipinski definition) is 1. The molecular formula is C14H23N5S. The van der Waals surface area contributed by atoms with Crippen LogP contribution in [0.3, 0.4) is 0 Å². The highest BCUT2D eigenvalue weighted by molar-refractivity contribution is 7.07. The molecule has 1 unspecified atom stereocenters. The second-order valence-electron chi connectivity index (χ2n) is 5.22. The molecule has 0 fully saturated rings. The van der Waals surface area contributed by atoms with Crippen molar-refractivity contribution in [1.29, 1.82) is 0 Å². The highest BCUT2D eigenvalue weighted by Gasteiger charge is 2.19. The molecule has 2 N–H and O–H groups in total. The van der Waals surface area contributed by atoms with Crippen LogP contribution >= 0.6 is 11.3 Å². The van der Waals surface area contributed by atoms with E-state index >= 15 is 0 Å². The fourth-order valence-corrected chi connectivity index (χ4v) is 3.00. The quantitative estimate of drug-likeness (QED) is 0.886. The first-order valence-electron chi connectivity index (χ1n) is 6.89. The van der Waals surface area contributed by atoms with E-state index in [-0.39, 0.29) is 6.04 Å². The molecule has 0 radical (unpaired) electrons. The lowest BCUT2D eigenvalue weighted by Crippen LogP contribution is -2.25. The van der Waals surface area contributed by atoms with Crippen molar-refractivity contribution in [1.82, 2.24) is 14.8 Å². The van der Waals surface area contributed by atoms with Crippen LogP contribution in [0, 0.1) is 6.92 Å². The van der Waals surface area contributed by atoms with E-state index in [0.29, 0.717) is 0 Å². The summed E-state index contributed by atoms with van der Waals surface area (Å²) in [5.74, 6) is 1.14. The second kappa shape index (κ2) is 6.37. The van der Waals surface area contributed by atoms with Crippen LogP contribution < -0.4 is 10.6 Å². The van der Waals surface area contributed by atoms with Crippen LogP contribution in [-0.2, 0) is 20.0 Å². The summed E-state index contributed by atoms with van der Waals surface area (Å²) in [6.45, 7) is 4.96. The third-order valence-electron chi connectivity index (χ3n) is 3.55. The topological polar surface area (TPSA) is 60.0 Å². The van der Waals surface area contributed by atoms with E-state index in [4.69, 9.17) is 5.73 Å². The van der Waals surface area contributed by atoms with Crippen molar-refractivity contribution in [3.8, 4) is 0 Å². The summed E-state index contributed by atoms with van der Waals surface area (Å²) < 4.78 is 1.94. The summed E-state index contributed by atoms with van der Waals surface area (Å²) in [5, 5.41) is 6.63. The summed E-state index contributed by atoms with van der Waals surface area (Å²) in [7, 11) is 4.07. The van der Waals surface area contributed by atoms with Crippen molar-refractivity contribution in [2.45, 2.75) is 39.3 Å². The normalized spacial score (nSPS) is 12.7. The zero-order chi connectivity index (χ0) is 14.7. The second-order valence-corrected chi connectivity index (χ2v) is 5.94. The average molecular weight is 293 g/mol. The summed E-state index contributed by atoms with van der Waals surface area (Å²) >= 11 is 1.62. The van der Waals surface area contributed by atoms with E-state index in [0.717, 1.165) is 36.6 Å². The van der Waals surface area contributed by atoms with Gasteiger partial charge in [-0.2, -0.15) is 5.10 Å². The molecule has 20 heavy (non-hydrogen) atoms. The summed E-state index contributed by atoms with van der Waals surface area (Å²) in [6, 6.07) is 0.185. The maximum Gasteiger partial charge on any atom is 0.130 e. The fraction of sp³-hybridized carbons (Fsp3) is 0.571. The molecule has 0 aromatic carbocycles. The van der Waals surface area contributed by atoms with Gasteiger partial charge in [0.05, 0.1) is 23.4 Å². The lowest BCUT2D eigenvalue weighted by Gasteiger charge is -2.21. The van der Waals surface area contributed by atoms with Gasteiger partial charge in [-0.3, -0.25) is 4.68 Å². The monoisotopic (exact) mass is 293 g/mol. The minimum absolute atomic E-state index is 0.185. The molecule has 5 nitrogen and oxygen atoms in total. The van der Waals surface area contributed by atoms with E-state index in [2.05, 4.69) is 41.3 Å². The third-order valence-corrected chi connectivity index (χ3v) is 4.18. The molecule has 0 saturated heterocycles. The van der Waals surface area contributed by atoms with Crippen molar-refractivity contribution in [3.63, 3.8) is 0 Å². The number of nitrogens with two attached hydrogens (primary N) is 1. The number of anilines is 1. The van der Waals surface area contributed by atoms with Crippen LogP contribution in [0.15, 0.2) is 10.9 Å². The Hall–Kier alpha value is -1.40. The van der Waals surface area contributed by atoms with Crippen molar-refractivity contribution in [2.24, 2.45) is 12.8 Å². The maximum atomic E-state index is 6.12. The van der Waals surface area contributed by atoms with Crippen LogP contribution in [0.25, 0.3) is 0 Å². The van der Waals surface area contributed by atoms with Crippen LogP contribution in [-0.4, -0.2) is 27.9 Å². The molecule has 0 aliphatic rings. The summed E-state index contributed by atoms with van der Waals surface area (Å²) in [5.41, 5.74) is 11.4. The summed E-state index contributed by atoms with van der Waals surface area (Å²) in [6.07, 6.45) is 1.84. The standard InChI is InChI=1S/C14H23N5S/c1-5-11(15)6-13-10(2)17-19(4)14(13)18(3)7-12-8-20-9-16-12/h8-9,11H,5-7,15H2,1-4H3. The SMILES string of the molecule is CCC(N)Cc1c(C)nn(C)c1N(C)Cc1cscn1. The number of aromatic nitrogens is 3. The Morgan fingerprint density at radius 1 is 1.50 bits per heavy atom. The van der Waals surface area contributed by atoms with Crippen molar-refractivity contribution in [3.05, 3.63) is 27.8 Å². The van der Waals surface area contributed by atoms with Gasteiger partial charge in [0.1, 0.15) is 5.82 Å². The van der Waals surface area contributed by atoms with E-state index in [1.54, 1.807) is 11.3 Å². The highest BCUT2D eigenvalue weighted by atomic mass is 32.1. The van der Waals surface area contributed by atoms with Crippen molar-refractivity contribution >= 4 is 17.2 Å². The van der Waals surface area contributed by atoms with Gasteiger partial charge in [-0.25, -0.2) is 4.98 Å². The molecule has 0 aliphatic heterocycles. The molecule has 0 bridgehead atoms. The minimum atomic E-state index is 0.185. The molecule has 0 saturated carbocycles. The Labute approximate surface area is 124 Å². The minimum Gasteiger partial charge on any atom is -0.354 e. The first kappa shape index (κ1) is 15.0. The molecule has 6 heteroatoms. The van der Waals surface area contributed by atoms with Crippen molar-refractivity contribution < 1.29 is 0 Å². The Bertz CT molecular complexity index is 546. The molecule has 0 amide bonds. The predicted molar refractivity (Wildman–Crippen MR) is 84.1 cm³/mol. The van der Waals surface area contributed by atoms with Gasteiger partial charge in [0.2, 0.25) is 0 Å². The average Bonchev–Trinajstić information content (AvgIpc) is 2.98. The fourth-order valence-electron chi connectivity index (χ4n) is 2.45. The first-order chi connectivity index (χ1) is 9.52. The van der Waals surface area contributed by atoms with Crippen LogP contribution in [0.5, 0.6) is 0 Å². The van der Waals surface area contributed by atoms with Gasteiger partial charge < -0.3 is 10.6 Å². The zero-order valence-electron chi connectivity index (χ0n) is 12.6. The zero-order valence-corrected chi connectivity index (χ0v) is 13.4. The molecule has 0 aliphatic carbocycles. The van der Waals surface area contributed by atoms with Gasteiger partial charge in [-0.05, 0) is 19.8 Å². The predicted octanol–water partition coefficient (Wildman–Crippen LogP) is 2.10. The number of aryl methyl sites for hydroxylation is 2. The smallest absolute Gasteiger partial charge is 0.130 e. The Morgan fingerprint density at radius 2 is 2.25 bits per heavy atom. The molecule has 2 heterocycles. The number of rotatable bonds is 6. The third kappa shape index (κ3) is 3.19. The Kier molecular flexibility index (Phi) is 4.77. The summed E-state index contributed by atoms with van der Waals surface area (Å²) in [4.78, 5) is 6.55. The molecule has 2 rings (SSSR count).